The third-order valence-electron chi connectivity index (χ3n) is 10.2. The standard InChI is InChI=1S/C46H87NO4/c1-3-5-7-9-11-13-15-16-17-18-19-20-21-22-23-24-25-26-27-28-29-31-33-35-37-39-41-45(50)46(51)47-43(42-48)44(49)40-38-36-34-32-30-14-12-10-8-6-4-2/h19-20,22-23,38,40,43-45,48-50H,3-18,21,24-37,39,41-42H2,1-2H3,(H,47,51)/b20-19-,23-22-,40-38+. The first kappa shape index (κ1) is 49.6. The fourth-order valence-electron chi connectivity index (χ4n) is 6.69. The van der Waals surface area contributed by atoms with E-state index in [2.05, 4.69) is 43.5 Å². The summed E-state index contributed by atoms with van der Waals surface area (Å²) in [5, 5.41) is 33.0. The van der Waals surface area contributed by atoms with Crippen LogP contribution in [0.5, 0.6) is 0 Å². The summed E-state index contributed by atoms with van der Waals surface area (Å²) in [6.07, 6.45) is 51.8. The van der Waals surface area contributed by atoms with Crippen molar-refractivity contribution in [2.75, 3.05) is 6.61 Å². The summed E-state index contributed by atoms with van der Waals surface area (Å²) in [5.41, 5.74) is 0. The summed E-state index contributed by atoms with van der Waals surface area (Å²) in [7, 11) is 0. The monoisotopic (exact) mass is 718 g/mol. The number of hydrogen-bond donors (Lipinski definition) is 4. The van der Waals surface area contributed by atoms with E-state index < -0.39 is 24.2 Å². The van der Waals surface area contributed by atoms with Crippen LogP contribution in [0.4, 0.5) is 0 Å². The second kappa shape index (κ2) is 41.3. The Morgan fingerprint density at radius 2 is 0.843 bits per heavy atom. The summed E-state index contributed by atoms with van der Waals surface area (Å²) in [5.74, 6) is -0.507. The van der Waals surface area contributed by atoms with Crippen molar-refractivity contribution in [3.05, 3.63) is 36.5 Å². The SMILES string of the molecule is CCCCCCCCCCC/C=C\C/C=C\CCCCCCCCCCCCC(O)C(=O)NC(CO)C(O)/C=C/CCCCCCCCCCC. The lowest BCUT2D eigenvalue weighted by Crippen LogP contribution is -2.48. The number of unbranched alkanes of at least 4 members (excludes halogenated alkanes) is 28. The van der Waals surface area contributed by atoms with Crippen LogP contribution < -0.4 is 5.32 Å². The van der Waals surface area contributed by atoms with E-state index >= 15 is 0 Å². The van der Waals surface area contributed by atoms with Gasteiger partial charge in [-0.3, -0.25) is 4.79 Å². The Bertz CT molecular complexity index is 794. The maximum Gasteiger partial charge on any atom is 0.249 e. The van der Waals surface area contributed by atoms with E-state index in [9.17, 15) is 20.1 Å². The van der Waals surface area contributed by atoms with Gasteiger partial charge in [0.2, 0.25) is 5.91 Å². The number of nitrogens with one attached hydrogen (secondary N) is 1. The predicted molar refractivity (Wildman–Crippen MR) is 222 cm³/mol. The van der Waals surface area contributed by atoms with Crippen molar-refractivity contribution < 1.29 is 20.1 Å². The van der Waals surface area contributed by atoms with E-state index in [0.29, 0.717) is 6.42 Å². The van der Waals surface area contributed by atoms with Crippen LogP contribution in [-0.2, 0) is 4.79 Å². The number of aliphatic hydroxyl groups excluding tert-OH is 3. The molecule has 5 nitrogen and oxygen atoms in total. The Morgan fingerprint density at radius 3 is 1.24 bits per heavy atom. The maximum atomic E-state index is 12.4. The van der Waals surface area contributed by atoms with Crippen molar-refractivity contribution in [3.8, 4) is 0 Å². The minimum atomic E-state index is -1.10. The molecular weight excluding hydrogens is 631 g/mol. The number of carbonyl (C=O) groups is 1. The highest BCUT2D eigenvalue weighted by molar-refractivity contribution is 5.80. The number of carbonyl (C=O) groups excluding carboxylic acids is 1. The lowest BCUT2D eigenvalue weighted by molar-refractivity contribution is -0.131. The molecule has 1 amide bonds. The molecule has 300 valence electrons. The molecule has 0 aliphatic rings. The molecule has 0 saturated heterocycles. The highest BCUT2D eigenvalue weighted by atomic mass is 16.3. The van der Waals surface area contributed by atoms with Gasteiger partial charge in [0.15, 0.2) is 0 Å². The average Bonchev–Trinajstić information content (AvgIpc) is 3.13. The van der Waals surface area contributed by atoms with Crippen LogP contribution in [0.1, 0.15) is 226 Å². The van der Waals surface area contributed by atoms with Crippen LogP contribution in [0, 0.1) is 0 Å². The summed E-state index contributed by atoms with van der Waals surface area (Å²) >= 11 is 0. The number of rotatable bonds is 40. The molecular formula is C46H87NO4. The van der Waals surface area contributed by atoms with Gasteiger partial charge in [0.25, 0.3) is 0 Å². The van der Waals surface area contributed by atoms with Crippen molar-refractivity contribution in [2.45, 2.75) is 244 Å². The summed E-state index contributed by atoms with van der Waals surface area (Å²) in [6.45, 7) is 4.16. The molecule has 0 aromatic heterocycles. The van der Waals surface area contributed by atoms with Crippen molar-refractivity contribution in [3.63, 3.8) is 0 Å². The van der Waals surface area contributed by atoms with Gasteiger partial charge in [-0.15, -0.1) is 0 Å². The molecule has 0 aliphatic carbocycles. The molecule has 0 bridgehead atoms. The van der Waals surface area contributed by atoms with E-state index in [-0.39, 0.29) is 6.61 Å². The molecule has 0 rings (SSSR count). The van der Waals surface area contributed by atoms with Crippen LogP contribution in [0.2, 0.25) is 0 Å². The van der Waals surface area contributed by atoms with Crippen LogP contribution in [0.25, 0.3) is 0 Å². The number of aliphatic hydroxyl groups is 3. The van der Waals surface area contributed by atoms with Crippen molar-refractivity contribution in [1.29, 1.82) is 0 Å². The lowest BCUT2D eigenvalue weighted by Gasteiger charge is -2.21. The Morgan fingerprint density at radius 1 is 0.490 bits per heavy atom. The van der Waals surface area contributed by atoms with Gasteiger partial charge in [-0.1, -0.05) is 211 Å². The molecule has 0 saturated carbocycles. The van der Waals surface area contributed by atoms with E-state index in [0.717, 1.165) is 38.5 Å². The largest absolute Gasteiger partial charge is 0.394 e. The van der Waals surface area contributed by atoms with Gasteiger partial charge in [-0.2, -0.15) is 0 Å². The predicted octanol–water partition coefficient (Wildman–Crippen LogP) is 12.8. The van der Waals surface area contributed by atoms with E-state index in [4.69, 9.17) is 0 Å². The van der Waals surface area contributed by atoms with E-state index in [1.165, 1.54) is 167 Å². The van der Waals surface area contributed by atoms with E-state index in [1.807, 2.05) is 6.08 Å². The zero-order valence-corrected chi connectivity index (χ0v) is 34.0. The Kier molecular flexibility index (Phi) is 40.2. The molecule has 5 heteroatoms. The minimum absolute atomic E-state index is 0.365. The quantitative estimate of drug-likeness (QED) is 0.0375. The Hall–Kier alpha value is -1.43. The molecule has 0 aliphatic heterocycles. The van der Waals surface area contributed by atoms with Gasteiger partial charge in [-0.05, 0) is 51.4 Å². The zero-order chi connectivity index (χ0) is 37.3. The van der Waals surface area contributed by atoms with E-state index in [1.54, 1.807) is 6.08 Å². The fourth-order valence-corrected chi connectivity index (χ4v) is 6.69. The summed E-state index contributed by atoms with van der Waals surface area (Å²) in [4.78, 5) is 12.4. The molecule has 0 spiro atoms. The van der Waals surface area contributed by atoms with Gasteiger partial charge in [0, 0.05) is 0 Å². The number of hydrogen-bond acceptors (Lipinski definition) is 4. The summed E-state index contributed by atoms with van der Waals surface area (Å²) < 4.78 is 0. The molecule has 3 unspecified atom stereocenters. The first-order chi connectivity index (χ1) is 25.1. The van der Waals surface area contributed by atoms with Crippen molar-refractivity contribution >= 4 is 5.91 Å². The normalized spacial score (nSPS) is 13.9. The molecule has 0 aromatic carbocycles. The zero-order valence-electron chi connectivity index (χ0n) is 34.0. The van der Waals surface area contributed by atoms with Crippen LogP contribution in [0.3, 0.4) is 0 Å². The van der Waals surface area contributed by atoms with Crippen LogP contribution in [-0.4, -0.2) is 46.1 Å². The smallest absolute Gasteiger partial charge is 0.249 e. The van der Waals surface area contributed by atoms with Gasteiger partial charge in [0.1, 0.15) is 6.10 Å². The Balaban J connectivity index is 3.62. The Labute approximate surface area is 317 Å². The van der Waals surface area contributed by atoms with Crippen LogP contribution in [0.15, 0.2) is 36.5 Å². The van der Waals surface area contributed by atoms with Gasteiger partial charge < -0.3 is 20.6 Å². The fraction of sp³-hybridized carbons (Fsp3) is 0.848. The molecule has 51 heavy (non-hydrogen) atoms. The minimum Gasteiger partial charge on any atom is -0.394 e. The van der Waals surface area contributed by atoms with Crippen LogP contribution >= 0.6 is 0 Å². The molecule has 0 aromatic rings. The third kappa shape index (κ3) is 36.7. The number of allylic oxidation sites excluding steroid dienone is 5. The van der Waals surface area contributed by atoms with Gasteiger partial charge in [-0.25, -0.2) is 0 Å². The molecule has 3 atom stereocenters. The molecule has 4 N–H and O–H groups in total. The van der Waals surface area contributed by atoms with Gasteiger partial charge >= 0.3 is 0 Å². The van der Waals surface area contributed by atoms with Gasteiger partial charge in [0.05, 0.1) is 18.8 Å². The van der Waals surface area contributed by atoms with Crippen molar-refractivity contribution in [2.24, 2.45) is 0 Å². The summed E-state index contributed by atoms with van der Waals surface area (Å²) in [6, 6.07) is -0.797. The second-order valence-electron chi connectivity index (χ2n) is 15.3. The topological polar surface area (TPSA) is 89.8 Å². The average molecular weight is 718 g/mol. The number of amides is 1. The van der Waals surface area contributed by atoms with Crippen molar-refractivity contribution in [1.82, 2.24) is 5.32 Å². The molecule has 0 heterocycles. The maximum absolute atomic E-state index is 12.4. The highest BCUT2D eigenvalue weighted by Crippen LogP contribution is 2.15. The lowest BCUT2D eigenvalue weighted by atomic mass is 10.0. The third-order valence-corrected chi connectivity index (χ3v) is 10.2. The second-order valence-corrected chi connectivity index (χ2v) is 15.3. The molecule has 0 fully saturated rings. The molecule has 0 radical (unpaired) electrons. The first-order valence-electron chi connectivity index (χ1n) is 22.3. The highest BCUT2D eigenvalue weighted by Gasteiger charge is 2.22. The first-order valence-corrected chi connectivity index (χ1v) is 22.3.